The molecule has 1 heterocycles. The third-order valence-electron chi connectivity index (χ3n) is 2.43. The molecule has 0 saturated heterocycles. The second kappa shape index (κ2) is 8.16. The monoisotopic (exact) mass is 279 g/mol. The minimum Gasteiger partial charge on any atom is -0.337 e. The van der Waals surface area contributed by atoms with Gasteiger partial charge >= 0.3 is 0 Å². The van der Waals surface area contributed by atoms with Gasteiger partial charge in [0.15, 0.2) is 11.5 Å². The largest absolute Gasteiger partial charge is 0.337 e. The fraction of sp³-hybridized carbons (Fsp3) is 0. The Labute approximate surface area is 122 Å². The topological polar surface area (TPSA) is 63.4 Å². The minimum atomic E-state index is -0.117. The average molecular weight is 279 g/mol. The zero-order chi connectivity index (χ0) is 14.8. The highest BCUT2D eigenvalue weighted by molar-refractivity contribution is 6.02. The smallest absolute Gasteiger partial charge is 0.178 e. The van der Waals surface area contributed by atoms with Crippen molar-refractivity contribution >= 4 is 18.1 Å². The van der Waals surface area contributed by atoms with Crippen molar-refractivity contribution in [2.45, 2.75) is 0 Å². The molecule has 104 valence electrons. The van der Waals surface area contributed by atoms with Gasteiger partial charge in [-0.05, 0) is 35.6 Å². The molecule has 5 heteroatoms. The van der Waals surface area contributed by atoms with Crippen LogP contribution in [0.3, 0.4) is 0 Å². The van der Waals surface area contributed by atoms with E-state index in [4.69, 9.17) is 4.84 Å². The van der Waals surface area contributed by atoms with Crippen molar-refractivity contribution in [1.29, 1.82) is 0 Å². The summed E-state index contributed by atoms with van der Waals surface area (Å²) in [6, 6.07) is 7.19. The van der Waals surface area contributed by atoms with Crippen LogP contribution >= 0.6 is 0 Å². The van der Waals surface area contributed by atoms with Crippen LogP contribution in [0.25, 0.3) is 6.08 Å². The predicted octanol–water partition coefficient (Wildman–Crippen LogP) is 3.68. The quantitative estimate of drug-likeness (QED) is 0.727. The van der Waals surface area contributed by atoms with E-state index in [9.17, 15) is 4.79 Å². The van der Waals surface area contributed by atoms with Crippen LogP contribution in [0.5, 0.6) is 5.75 Å². The Morgan fingerprint density at radius 2 is 1.67 bits per heavy atom. The maximum absolute atomic E-state index is 11.7. The lowest BCUT2D eigenvalue weighted by Gasteiger charge is -2.00. The number of benzene rings is 1. The number of rotatable bonds is 0. The molecule has 0 saturated carbocycles. The van der Waals surface area contributed by atoms with E-state index in [-0.39, 0.29) is 5.78 Å². The number of hydrogen-bond donors (Lipinski definition) is 0. The van der Waals surface area contributed by atoms with Crippen LogP contribution in [0, 0.1) is 0 Å². The van der Waals surface area contributed by atoms with E-state index in [1.54, 1.807) is 48.6 Å². The van der Waals surface area contributed by atoms with Gasteiger partial charge in [-0.2, -0.15) is 0 Å². The zero-order valence-electron chi connectivity index (χ0n) is 11.2. The van der Waals surface area contributed by atoms with Crippen LogP contribution in [0.15, 0.2) is 82.4 Å². The van der Waals surface area contributed by atoms with Gasteiger partial charge in [-0.1, -0.05) is 42.5 Å². The van der Waals surface area contributed by atoms with Crippen molar-refractivity contribution in [2.24, 2.45) is 15.6 Å². The first-order valence-electron chi connectivity index (χ1n) is 6.28. The highest BCUT2D eigenvalue weighted by atomic mass is 16.6. The summed E-state index contributed by atoms with van der Waals surface area (Å²) in [4.78, 5) is 16.8. The minimum absolute atomic E-state index is 0.117. The van der Waals surface area contributed by atoms with E-state index in [0.29, 0.717) is 5.75 Å². The van der Waals surface area contributed by atoms with E-state index >= 15 is 0 Å². The van der Waals surface area contributed by atoms with Crippen LogP contribution in [-0.2, 0) is 4.79 Å². The fourth-order valence-electron chi connectivity index (χ4n) is 1.47. The molecule has 1 aromatic carbocycles. The number of carbonyl (C=O) groups is 1. The first-order valence-corrected chi connectivity index (χ1v) is 6.28. The lowest BCUT2D eigenvalue weighted by Crippen LogP contribution is -1.87. The number of ketones is 1. The fourth-order valence-corrected chi connectivity index (χ4v) is 1.47. The van der Waals surface area contributed by atoms with E-state index in [1.165, 1.54) is 18.4 Å². The predicted molar refractivity (Wildman–Crippen MR) is 81.9 cm³/mol. The third-order valence-corrected chi connectivity index (χ3v) is 2.43. The summed E-state index contributed by atoms with van der Waals surface area (Å²) in [5.74, 6) is 0.376. The average Bonchev–Trinajstić information content (AvgIpc) is 2.50. The standard InChI is InChI=1S/C16H13N3O2/c20-15-9-4-2-1-3-7-13-17-18-19-21-16-10-6-5-8-14(16)11-12-15/h1-13H/b2-1-,7-3-,9-4-,12-11-,17-13+,19-18-. The highest BCUT2D eigenvalue weighted by Gasteiger charge is 2.00. The van der Waals surface area contributed by atoms with Gasteiger partial charge in [-0.15, -0.1) is 5.10 Å². The Morgan fingerprint density at radius 1 is 0.857 bits per heavy atom. The normalized spacial score (nSPS) is 24.1. The molecule has 5 nitrogen and oxygen atoms in total. The maximum Gasteiger partial charge on any atom is 0.178 e. The molecule has 0 bridgehead atoms. The summed E-state index contributed by atoms with van der Waals surface area (Å²) in [5, 5.41) is 10.7. The number of carbonyl (C=O) groups excluding carboxylic acids is 1. The van der Waals surface area contributed by atoms with Gasteiger partial charge in [0, 0.05) is 5.56 Å². The van der Waals surface area contributed by atoms with Gasteiger partial charge in [0.1, 0.15) is 0 Å². The Balaban J connectivity index is 2.28. The van der Waals surface area contributed by atoms with Gasteiger partial charge in [0.05, 0.1) is 11.5 Å². The molecule has 1 aliphatic rings. The zero-order valence-corrected chi connectivity index (χ0v) is 11.2. The Bertz CT molecular complexity index is 668. The molecule has 0 N–H and O–H groups in total. The number of allylic oxidation sites excluding steroid dienone is 7. The van der Waals surface area contributed by atoms with E-state index in [1.807, 2.05) is 12.1 Å². The van der Waals surface area contributed by atoms with E-state index in [0.717, 1.165) is 5.56 Å². The van der Waals surface area contributed by atoms with Gasteiger partial charge in [-0.25, -0.2) is 0 Å². The Kier molecular flexibility index (Phi) is 5.57. The first-order chi connectivity index (χ1) is 10.4. The van der Waals surface area contributed by atoms with Crippen LogP contribution in [-0.4, -0.2) is 12.0 Å². The maximum atomic E-state index is 11.7. The van der Waals surface area contributed by atoms with Crippen LogP contribution in [0.1, 0.15) is 5.56 Å². The summed E-state index contributed by atoms with van der Waals surface area (Å²) in [7, 11) is 0. The number of fused-ring (bicyclic) bond motifs is 1. The number of hydrogen-bond acceptors (Lipinski definition) is 5. The first kappa shape index (κ1) is 14.3. The van der Waals surface area contributed by atoms with Gasteiger partial charge in [0.2, 0.25) is 0 Å². The van der Waals surface area contributed by atoms with Gasteiger partial charge in [-0.3, -0.25) is 4.79 Å². The van der Waals surface area contributed by atoms with Crippen LogP contribution < -0.4 is 4.84 Å². The molecule has 0 aliphatic carbocycles. The molecule has 21 heavy (non-hydrogen) atoms. The summed E-state index contributed by atoms with van der Waals surface area (Å²) < 4.78 is 0. The molecular formula is C16H13N3O2. The van der Waals surface area contributed by atoms with E-state index < -0.39 is 0 Å². The van der Waals surface area contributed by atoms with Crippen LogP contribution in [0.2, 0.25) is 0 Å². The second-order valence-corrected chi connectivity index (χ2v) is 3.93. The van der Waals surface area contributed by atoms with Crippen molar-refractivity contribution < 1.29 is 9.63 Å². The molecule has 0 unspecified atom stereocenters. The van der Waals surface area contributed by atoms with Gasteiger partial charge < -0.3 is 4.84 Å². The lowest BCUT2D eigenvalue weighted by atomic mass is 10.1. The second-order valence-electron chi connectivity index (χ2n) is 3.93. The Morgan fingerprint density at radius 3 is 2.62 bits per heavy atom. The van der Waals surface area contributed by atoms with Crippen molar-refractivity contribution in [3.05, 3.63) is 72.4 Å². The van der Waals surface area contributed by atoms with E-state index in [2.05, 4.69) is 15.6 Å². The molecular weight excluding hydrogens is 266 g/mol. The molecule has 0 spiro atoms. The number of para-hydroxylation sites is 1. The molecule has 0 aromatic heterocycles. The summed E-state index contributed by atoms with van der Waals surface area (Å²) >= 11 is 0. The Hall–Kier alpha value is -3.08. The highest BCUT2D eigenvalue weighted by Crippen LogP contribution is 2.19. The lowest BCUT2D eigenvalue weighted by molar-refractivity contribution is -0.110. The summed E-state index contributed by atoms with van der Waals surface area (Å²) in [6.07, 6.45) is 14.7. The molecule has 0 radical (unpaired) electrons. The SMILES string of the molecule is O=C1\C=C/C=C\C=C/C=N/N=N\Oc2ccccc2/C=C\1. The molecule has 1 aliphatic heterocycles. The molecule has 2 rings (SSSR count). The van der Waals surface area contributed by atoms with Crippen LogP contribution in [0.4, 0.5) is 0 Å². The summed E-state index contributed by atoms with van der Waals surface area (Å²) in [5.41, 5.74) is 0.727. The number of nitrogens with zero attached hydrogens (tertiary/aromatic N) is 3. The molecule has 0 amide bonds. The molecule has 0 fully saturated rings. The van der Waals surface area contributed by atoms with Crippen molar-refractivity contribution in [2.75, 3.05) is 0 Å². The van der Waals surface area contributed by atoms with Crippen molar-refractivity contribution in [1.82, 2.24) is 0 Å². The van der Waals surface area contributed by atoms with Crippen molar-refractivity contribution in [3.63, 3.8) is 0 Å². The molecule has 1 aromatic rings. The van der Waals surface area contributed by atoms with Gasteiger partial charge in [0.25, 0.3) is 0 Å². The summed E-state index contributed by atoms with van der Waals surface area (Å²) in [6.45, 7) is 0. The third kappa shape index (κ3) is 5.20. The molecule has 0 atom stereocenters. The van der Waals surface area contributed by atoms with Crippen molar-refractivity contribution in [3.8, 4) is 5.75 Å².